The van der Waals surface area contributed by atoms with E-state index in [1.165, 1.54) is 17.0 Å². The van der Waals surface area contributed by atoms with Gasteiger partial charge in [-0.25, -0.2) is 4.39 Å². The number of unbranched alkanes of at least 4 members (excludes halogenated alkanes) is 2. The molecule has 2 amide bonds. The first-order valence-electron chi connectivity index (χ1n) is 7.15. The second-order valence-electron chi connectivity index (χ2n) is 4.81. The fraction of sp³-hybridized carbons (Fsp3) is 0.467. The Labute approximate surface area is 134 Å². The molecule has 0 atom stereocenters. The molecule has 0 unspecified atom stereocenters. The van der Waals surface area contributed by atoms with Crippen molar-refractivity contribution in [1.29, 1.82) is 0 Å². The summed E-state index contributed by atoms with van der Waals surface area (Å²) in [7, 11) is 0. The Morgan fingerprint density at radius 3 is 2.64 bits per heavy atom. The normalized spacial score (nSPS) is 10.4. The average Bonchev–Trinajstić information content (AvgIpc) is 2.49. The molecule has 0 saturated heterocycles. The zero-order chi connectivity index (χ0) is 16.5. The fourth-order valence-electron chi connectivity index (χ4n) is 1.89. The minimum Gasteiger partial charge on any atom is -0.395 e. The standard InChI is InChI=1S/C15H20ClFN2O3/c1-2-3-4-7-19(8-9-20)15(22)14(21)18-11-5-6-13(17)12(16)10-11/h5-6,10,20H,2-4,7-9H2,1H3,(H,18,21). The van der Waals surface area contributed by atoms with Crippen LogP contribution in [0.25, 0.3) is 0 Å². The van der Waals surface area contributed by atoms with E-state index in [1.807, 2.05) is 6.92 Å². The molecule has 5 nitrogen and oxygen atoms in total. The Hall–Kier alpha value is -1.66. The Balaban J connectivity index is 2.67. The number of carbonyl (C=O) groups excluding carboxylic acids is 2. The number of benzene rings is 1. The van der Waals surface area contributed by atoms with Gasteiger partial charge in [0, 0.05) is 18.8 Å². The SMILES string of the molecule is CCCCCN(CCO)C(=O)C(=O)Nc1ccc(F)c(Cl)c1. The van der Waals surface area contributed by atoms with Gasteiger partial charge >= 0.3 is 11.8 Å². The fourth-order valence-corrected chi connectivity index (χ4v) is 2.07. The van der Waals surface area contributed by atoms with Crippen LogP contribution in [0, 0.1) is 5.82 Å². The highest BCUT2D eigenvalue weighted by atomic mass is 35.5. The van der Waals surface area contributed by atoms with Crippen molar-refractivity contribution in [2.24, 2.45) is 0 Å². The topological polar surface area (TPSA) is 69.6 Å². The van der Waals surface area contributed by atoms with Gasteiger partial charge in [0.15, 0.2) is 0 Å². The van der Waals surface area contributed by atoms with Crippen LogP contribution in [0.2, 0.25) is 5.02 Å². The lowest BCUT2D eigenvalue weighted by molar-refractivity contribution is -0.143. The molecule has 0 aromatic heterocycles. The van der Waals surface area contributed by atoms with Crippen molar-refractivity contribution >= 4 is 29.1 Å². The van der Waals surface area contributed by atoms with Gasteiger partial charge in [-0.3, -0.25) is 9.59 Å². The largest absolute Gasteiger partial charge is 0.395 e. The predicted molar refractivity (Wildman–Crippen MR) is 83.2 cm³/mol. The highest BCUT2D eigenvalue weighted by Gasteiger charge is 2.21. The summed E-state index contributed by atoms with van der Waals surface area (Å²) in [6.45, 7) is 2.32. The number of nitrogens with zero attached hydrogens (tertiary/aromatic N) is 1. The number of hydrogen-bond donors (Lipinski definition) is 2. The molecule has 122 valence electrons. The number of hydrogen-bond acceptors (Lipinski definition) is 3. The van der Waals surface area contributed by atoms with E-state index in [0.717, 1.165) is 25.3 Å². The van der Waals surface area contributed by atoms with Gasteiger partial charge in [-0.2, -0.15) is 0 Å². The van der Waals surface area contributed by atoms with Crippen LogP contribution in [0.1, 0.15) is 26.2 Å². The minimum absolute atomic E-state index is 0.0974. The summed E-state index contributed by atoms with van der Waals surface area (Å²) in [5.41, 5.74) is 0.238. The molecule has 0 fully saturated rings. The van der Waals surface area contributed by atoms with E-state index in [4.69, 9.17) is 16.7 Å². The molecule has 0 spiro atoms. The van der Waals surface area contributed by atoms with Crippen LogP contribution in [0.15, 0.2) is 18.2 Å². The number of rotatable bonds is 7. The highest BCUT2D eigenvalue weighted by Crippen LogP contribution is 2.19. The predicted octanol–water partition coefficient (Wildman–Crippen LogP) is 2.43. The maximum Gasteiger partial charge on any atom is 0.313 e. The third-order valence-electron chi connectivity index (χ3n) is 3.06. The molecule has 0 aliphatic rings. The second-order valence-corrected chi connectivity index (χ2v) is 5.21. The molecule has 2 N–H and O–H groups in total. The monoisotopic (exact) mass is 330 g/mol. The van der Waals surface area contributed by atoms with Crippen molar-refractivity contribution in [1.82, 2.24) is 4.90 Å². The van der Waals surface area contributed by atoms with Crippen molar-refractivity contribution in [3.05, 3.63) is 29.0 Å². The lowest BCUT2D eigenvalue weighted by Crippen LogP contribution is -2.41. The third kappa shape index (κ3) is 5.61. The first-order chi connectivity index (χ1) is 10.5. The zero-order valence-corrected chi connectivity index (χ0v) is 13.2. The van der Waals surface area contributed by atoms with E-state index in [0.29, 0.717) is 6.54 Å². The second kappa shape index (κ2) is 9.38. The van der Waals surface area contributed by atoms with Crippen molar-refractivity contribution in [3.63, 3.8) is 0 Å². The van der Waals surface area contributed by atoms with Crippen LogP contribution >= 0.6 is 11.6 Å². The van der Waals surface area contributed by atoms with Crippen molar-refractivity contribution in [2.45, 2.75) is 26.2 Å². The molecule has 0 heterocycles. The first-order valence-corrected chi connectivity index (χ1v) is 7.53. The minimum atomic E-state index is -0.840. The maximum atomic E-state index is 13.0. The van der Waals surface area contributed by atoms with E-state index in [-0.39, 0.29) is 23.9 Å². The molecule has 1 aromatic rings. The lowest BCUT2D eigenvalue weighted by atomic mass is 10.2. The molecular formula is C15H20ClFN2O3. The van der Waals surface area contributed by atoms with Crippen LogP contribution in [0.3, 0.4) is 0 Å². The van der Waals surface area contributed by atoms with Gasteiger partial charge in [0.1, 0.15) is 5.82 Å². The van der Waals surface area contributed by atoms with E-state index >= 15 is 0 Å². The van der Waals surface area contributed by atoms with Crippen LogP contribution in [0.5, 0.6) is 0 Å². The number of amides is 2. The molecule has 22 heavy (non-hydrogen) atoms. The van der Waals surface area contributed by atoms with Gasteiger partial charge in [0.25, 0.3) is 0 Å². The van der Waals surface area contributed by atoms with Gasteiger partial charge < -0.3 is 15.3 Å². The number of aliphatic hydroxyl groups excluding tert-OH is 1. The summed E-state index contributed by atoms with van der Waals surface area (Å²) in [5.74, 6) is -2.18. The number of aliphatic hydroxyl groups is 1. The Morgan fingerprint density at radius 1 is 1.32 bits per heavy atom. The van der Waals surface area contributed by atoms with Crippen LogP contribution in [0.4, 0.5) is 10.1 Å². The van der Waals surface area contributed by atoms with Gasteiger partial charge in [0.2, 0.25) is 0 Å². The van der Waals surface area contributed by atoms with Gasteiger partial charge in [-0.15, -0.1) is 0 Å². The molecule has 0 bridgehead atoms. The Bertz CT molecular complexity index is 526. The summed E-state index contributed by atoms with van der Waals surface area (Å²) in [6.07, 6.45) is 2.68. The molecule has 1 aromatic carbocycles. The van der Waals surface area contributed by atoms with Crippen molar-refractivity contribution in [3.8, 4) is 0 Å². The van der Waals surface area contributed by atoms with Crippen LogP contribution in [-0.4, -0.2) is 41.5 Å². The van der Waals surface area contributed by atoms with Crippen molar-refractivity contribution in [2.75, 3.05) is 25.0 Å². The van der Waals surface area contributed by atoms with E-state index in [9.17, 15) is 14.0 Å². The van der Waals surface area contributed by atoms with Gasteiger partial charge in [-0.05, 0) is 24.6 Å². The molecule has 7 heteroatoms. The molecule has 0 radical (unpaired) electrons. The van der Waals surface area contributed by atoms with E-state index in [2.05, 4.69) is 5.32 Å². The van der Waals surface area contributed by atoms with Gasteiger partial charge in [0.05, 0.1) is 11.6 Å². The summed E-state index contributed by atoms with van der Waals surface area (Å²) < 4.78 is 13.0. The van der Waals surface area contributed by atoms with E-state index in [1.54, 1.807) is 0 Å². The Kier molecular flexibility index (Phi) is 7.84. The van der Waals surface area contributed by atoms with Gasteiger partial charge in [-0.1, -0.05) is 31.4 Å². The third-order valence-corrected chi connectivity index (χ3v) is 3.35. The summed E-state index contributed by atoms with van der Waals surface area (Å²) in [5, 5.41) is 11.2. The first kappa shape index (κ1) is 18.4. The summed E-state index contributed by atoms with van der Waals surface area (Å²) >= 11 is 5.62. The molecule has 0 aliphatic heterocycles. The molecule has 0 saturated carbocycles. The molecular weight excluding hydrogens is 311 g/mol. The molecule has 0 aliphatic carbocycles. The Morgan fingerprint density at radius 2 is 2.05 bits per heavy atom. The van der Waals surface area contributed by atoms with E-state index < -0.39 is 17.6 Å². The van der Waals surface area contributed by atoms with Crippen molar-refractivity contribution < 1.29 is 19.1 Å². The number of carbonyl (C=O) groups is 2. The molecule has 1 rings (SSSR count). The van der Waals surface area contributed by atoms with Crippen LogP contribution in [-0.2, 0) is 9.59 Å². The summed E-state index contributed by atoms with van der Waals surface area (Å²) in [4.78, 5) is 25.3. The number of anilines is 1. The highest BCUT2D eigenvalue weighted by molar-refractivity contribution is 6.39. The van der Waals surface area contributed by atoms with Crippen LogP contribution < -0.4 is 5.32 Å². The zero-order valence-electron chi connectivity index (χ0n) is 12.4. The summed E-state index contributed by atoms with van der Waals surface area (Å²) in [6, 6.07) is 3.66. The number of halogens is 2. The smallest absolute Gasteiger partial charge is 0.313 e. The average molecular weight is 331 g/mol. The number of nitrogens with one attached hydrogen (secondary N) is 1. The lowest BCUT2D eigenvalue weighted by Gasteiger charge is -2.21. The maximum absolute atomic E-state index is 13.0. The quantitative estimate of drug-likeness (QED) is 0.596.